The Morgan fingerprint density at radius 1 is 1.27 bits per heavy atom. The minimum absolute atomic E-state index is 0.0500. The zero-order valence-electron chi connectivity index (χ0n) is 13.8. The number of hydrogen-bond donors (Lipinski definition) is 1. The van der Waals surface area contributed by atoms with Crippen LogP contribution in [0.3, 0.4) is 0 Å². The van der Waals surface area contributed by atoms with Crippen LogP contribution in [0.25, 0.3) is 0 Å². The molecule has 1 saturated carbocycles. The van der Waals surface area contributed by atoms with E-state index in [1.54, 1.807) is 6.07 Å². The second-order valence-corrected chi connectivity index (χ2v) is 7.60. The molecule has 1 aromatic rings. The molecule has 0 aromatic heterocycles. The molecule has 4 nitrogen and oxygen atoms in total. The van der Waals surface area contributed by atoms with Gasteiger partial charge in [-0.25, -0.2) is 0 Å². The Bertz CT molecular complexity index is 627. The van der Waals surface area contributed by atoms with Gasteiger partial charge in [0.25, 0.3) is 0 Å². The van der Waals surface area contributed by atoms with Gasteiger partial charge >= 0.3 is 0 Å². The lowest BCUT2D eigenvalue weighted by Crippen LogP contribution is -2.73. The lowest BCUT2D eigenvalue weighted by molar-refractivity contribution is -0.155. The van der Waals surface area contributed by atoms with Crippen LogP contribution < -0.4 is 15.2 Å². The van der Waals surface area contributed by atoms with Crippen LogP contribution >= 0.6 is 0 Å². The third-order valence-electron chi connectivity index (χ3n) is 5.35. The molecule has 2 N–H and O–H groups in total. The van der Waals surface area contributed by atoms with Crippen LogP contribution in [0, 0.1) is 22.2 Å². The van der Waals surface area contributed by atoms with Crippen molar-refractivity contribution in [3.63, 3.8) is 0 Å². The van der Waals surface area contributed by atoms with Crippen molar-refractivity contribution in [3.05, 3.63) is 23.3 Å². The van der Waals surface area contributed by atoms with E-state index >= 15 is 0 Å². The maximum atomic E-state index is 9.24. The fraction of sp³-hybridized carbons (Fsp3) is 0.611. The van der Waals surface area contributed by atoms with E-state index in [2.05, 4.69) is 33.8 Å². The van der Waals surface area contributed by atoms with Gasteiger partial charge < -0.3 is 15.2 Å². The normalized spacial score (nSPS) is 27.8. The zero-order chi connectivity index (χ0) is 16.1. The van der Waals surface area contributed by atoms with Crippen LogP contribution in [0.5, 0.6) is 11.5 Å². The lowest BCUT2D eigenvalue weighted by Gasteiger charge is -2.61. The van der Waals surface area contributed by atoms with Crippen molar-refractivity contribution in [3.8, 4) is 17.6 Å². The molecule has 1 aromatic carbocycles. The van der Waals surface area contributed by atoms with E-state index in [0.29, 0.717) is 17.9 Å². The van der Waals surface area contributed by atoms with Gasteiger partial charge in [-0.15, -0.1) is 0 Å². The van der Waals surface area contributed by atoms with Crippen molar-refractivity contribution in [1.29, 1.82) is 5.26 Å². The zero-order valence-corrected chi connectivity index (χ0v) is 13.8. The summed E-state index contributed by atoms with van der Waals surface area (Å²) in [5.41, 5.74) is 7.79. The summed E-state index contributed by atoms with van der Waals surface area (Å²) in [5, 5.41) is 9.24. The average Bonchev–Trinajstić information content (AvgIpc) is 2.51. The summed E-state index contributed by atoms with van der Waals surface area (Å²) in [4.78, 5) is 0. The largest absolute Gasteiger partial charge is 0.492 e. The monoisotopic (exact) mass is 300 g/mol. The Kier molecular flexibility index (Phi) is 3.37. The Labute approximate surface area is 132 Å². The van der Waals surface area contributed by atoms with Gasteiger partial charge in [0.1, 0.15) is 23.7 Å². The minimum atomic E-state index is -0.0696. The molecule has 0 bridgehead atoms. The summed E-state index contributed by atoms with van der Waals surface area (Å²) in [5.74, 6) is 1.54. The first kappa shape index (κ1) is 15.2. The Balaban J connectivity index is 1.96. The van der Waals surface area contributed by atoms with E-state index in [-0.39, 0.29) is 23.0 Å². The number of rotatable bonds is 2. The first-order valence-corrected chi connectivity index (χ1v) is 7.91. The number of hydrogen-bond acceptors (Lipinski definition) is 4. The molecule has 3 rings (SSSR count). The Hall–Kier alpha value is -1.73. The Morgan fingerprint density at radius 2 is 1.95 bits per heavy atom. The van der Waals surface area contributed by atoms with Crippen LogP contribution in [-0.4, -0.2) is 18.8 Å². The summed E-state index contributed by atoms with van der Waals surface area (Å²) in [7, 11) is 0. The molecule has 0 saturated heterocycles. The summed E-state index contributed by atoms with van der Waals surface area (Å²) in [6.07, 6.45) is 1.89. The van der Waals surface area contributed by atoms with E-state index in [0.717, 1.165) is 24.2 Å². The Morgan fingerprint density at radius 3 is 2.59 bits per heavy atom. The maximum Gasteiger partial charge on any atom is 0.143 e. The minimum Gasteiger partial charge on any atom is -0.492 e. The smallest absolute Gasteiger partial charge is 0.143 e. The van der Waals surface area contributed by atoms with E-state index < -0.39 is 0 Å². The van der Waals surface area contributed by atoms with Crippen molar-refractivity contribution in [2.24, 2.45) is 16.6 Å². The molecule has 22 heavy (non-hydrogen) atoms. The molecular formula is C18H24N2O2. The highest BCUT2D eigenvalue weighted by atomic mass is 16.5. The van der Waals surface area contributed by atoms with Crippen molar-refractivity contribution in [2.75, 3.05) is 6.61 Å². The molecule has 0 unspecified atom stereocenters. The third kappa shape index (κ3) is 1.99. The second kappa shape index (κ2) is 4.89. The first-order valence-electron chi connectivity index (χ1n) is 7.91. The molecule has 118 valence electrons. The van der Waals surface area contributed by atoms with E-state index in [4.69, 9.17) is 15.2 Å². The first-order chi connectivity index (χ1) is 10.3. The molecule has 0 spiro atoms. The van der Waals surface area contributed by atoms with Gasteiger partial charge in [-0.1, -0.05) is 27.7 Å². The molecule has 1 fully saturated rings. The highest BCUT2D eigenvalue weighted by molar-refractivity contribution is 5.55. The molecule has 0 amide bonds. The number of ether oxygens (including phenoxy) is 2. The van der Waals surface area contributed by atoms with Gasteiger partial charge in [0.2, 0.25) is 0 Å². The SMILES string of the molecule is CC1(C)C(N)C(C)(C)C1Oc1ccc(C#N)c2c1CCCO2. The topological polar surface area (TPSA) is 68.3 Å². The number of benzene rings is 1. The lowest BCUT2D eigenvalue weighted by atomic mass is 9.50. The quantitative estimate of drug-likeness (QED) is 0.911. The van der Waals surface area contributed by atoms with Gasteiger partial charge in [0.15, 0.2) is 0 Å². The fourth-order valence-corrected chi connectivity index (χ4v) is 4.21. The molecule has 1 aliphatic carbocycles. The molecule has 4 heteroatoms. The summed E-state index contributed by atoms with van der Waals surface area (Å²) in [6.45, 7) is 9.27. The van der Waals surface area contributed by atoms with Gasteiger partial charge in [0, 0.05) is 22.4 Å². The van der Waals surface area contributed by atoms with Gasteiger partial charge in [-0.3, -0.25) is 0 Å². The molecular weight excluding hydrogens is 276 g/mol. The van der Waals surface area contributed by atoms with Crippen LogP contribution in [0.4, 0.5) is 0 Å². The van der Waals surface area contributed by atoms with Gasteiger partial charge in [-0.05, 0) is 25.0 Å². The number of nitrogens with two attached hydrogens (primary N) is 1. The van der Waals surface area contributed by atoms with Crippen LogP contribution in [0.15, 0.2) is 12.1 Å². The van der Waals surface area contributed by atoms with E-state index in [1.807, 2.05) is 6.07 Å². The van der Waals surface area contributed by atoms with E-state index in [1.165, 1.54) is 0 Å². The van der Waals surface area contributed by atoms with Crippen molar-refractivity contribution in [2.45, 2.75) is 52.7 Å². The predicted octanol–water partition coefficient (Wildman–Crippen LogP) is 3.02. The molecule has 0 atom stereocenters. The predicted molar refractivity (Wildman–Crippen MR) is 84.9 cm³/mol. The second-order valence-electron chi connectivity index (χ2n) is 7.60. The van der Waals surface area contributed by atoms with E-state index in [9.17, 15) is 5.26 Å². The summed E-state index contributed by atoms with van der Waals surface area (Å²) in [6, 6.07) is 6.00. The van der Waals surface area contributed by atoms with Crippen molar-refractivity contribution >= 4 is 0 Å². The third-order valence-corrected chi connectivity index (χ3v) is 5.35. The van der Waals surface area contributed by atoms with Gasteiger partial charge in [-0.2, -0.15) is 5.26 Å². The number of nitrogens with zero attached hydrogens (tertiary/aromatic N) is 1. The van der Waals surface area contributed by atoms with Gasteiger partial charge in [0.05, 0.1) is 12.2 Å². The van der Waals surface area contributed by atoms with Crippen LogP contribution in [0.1, 0.15) is 45.2 Å². The van der Waals surface area contributed by atoms with Crippen LogP contribution in [0.2, 0.25) is 0 Å². The fourth-order valence-electron chi connectivity index (χ4n) is 4.21. The maximum absolute atomic E-state index is 9.24. The van der Waals surface area contributed by atoms with Crippen molar-refractivity contribution in [1.82, 2.24) is 0 Å². The number of fused-ring (bicyclic) bond motifs is 1. The highest BCUT2D eigenvalue weighted by Gasteiger charge is 2.62. The van der Waals surface area contributed by atoms with Crippen molar-refractivity contribution < 1.29 is 9.47 Å². The molecule has 0 radical (unpaired) electrons. The molecule has 2 aliphatic rings. The summed E-state index contributed by atoms with van der Waals surface area (Å²) >= 11 is 0. The standard InChI is InChI=1S/C18H24N2O2/c1-17(2)15(20)18(3,4)16(17)22-13-8-7-11(10-19)14-12(13)6-5-9-21-14/h7-8,15-16H,5-6,9,20H2,1-4H3. The summed E-state index contributed by atoms with van der Waals surface area (Å²) < 4.78 is 12.1. The molecule has 1 aliphatic heterocycles. The van der Waals surface area contributed by atoms with Crippen LogP contribution in [-0.2, 0) is 6.42 Å². The average molecular weight is 300 g/mol. The molecule has 1 heterocycles. The number of nitriles is 1. The highest BCUT2D eigenvalue weighted by Crippen LogP contribution is 2.55.